The zero-order valence-electron chi connectivity index (χ0n) is 9.07. The van der Waals surface area contributed by atoms with Crippen LogP contribution in [0.5, 0.6) is 0 Å². The van der Waals surface area contributed by atoms with Crippen molar-refractivity contribution in [3.63, 3.8) is 0 Å². The minimum Gasteiger partial charge on any atom is -0.423 e. The maximum atomic E-state index is 11.5. The number of nitrogens with one attached hydrogen (secondary N) is 1. The van der Waals surface area contributed by atoms with Gasteiger partial charge in [-0.3, -0.25) is 0 Å². The molecule has 0 aliphatic carbocycles. The number of hydrogen-bond donors (Lipinski definition) is 3. The Morgan fingerprint density at radius 1 is 1.41 bits per heavy atom. The molecule has 1 saturated heterocycles. The summed E-state index contributed by atoms with van der Waals surface area (Å²) in [4.78, 5) is 0. The summed E-state index contributed by atoms with van der Waals surface area (Å²) in [7, 11) is -4.90. The third-order valence-electron chi connectivity index (χ3n) is 2.59. The van der Waals surface area contributed by atoms with Gasteiger partial charge in [0.15, 0.2) is 0 Å². The van der Waals surface area contributed by atoms with Gasteiger partial charge in [0.05, 0.1) is 0 Å². The van der Waals surface area contributed by atoms with Crippen molar-refractivity contribution in [1.29, 1.82) is 0 Å². The second-order valence-electron chi connectivity index (χ2n) is 3.85. The molecule has 0 amide bonds. The minimum atomic E-state index is -3.36. The molecule has 6 nitrogen and oxygen atoms in total. The Kier molecular flexibility index (Phi) is 3.50. The Morgan fingerprint density at radius 2 is 2.18 bits per heavy atom. The van der Waals surface area contributed by atoms with E-state index in [1.807, 2.05) is 0 Å². The first-order chi connectivity index (χ1) is 7.99. The molecule has 1 fully saturated rings. The van der Waals surface area contributed by atoms with Gasteiger partial charge in [0.25, 0.3) is 10.2 Å². The van der Waals surface area contributed by atoms with Crippen LogP contribution in [0.4, 0.5) is 0 Å². The molecule has 1 aromatic carbocycles. The van der Waals surface area contributed by atoms with Crippen LogP contribution in [0.15, 0.2) is 24.3 Å². The lowest BCUT2D eigenvalue weighted by Crippen LogP contribution is -2.32. The van der Waals surface area contributed by atoms with Crippen molar-refractivity contribution in [3.8, 4) is 0 Å². The molecule has 8 heteroatoms. The molecule has 1 heterocycles. The summed E-state index contributed by atoms with van der Waals surface area (Å²) in [5.41, 5.74) is 1.08. The van der Waals surface area contributed by atoms with E-state index in [-0.39, 0.29) is 6.54 Å². The fourth-order valence-corrected chi connectivity index (χ4v) is 2.91. The summed E-state index contributed by atoms with van der Waals surface area (Å²) < 4.78 is 26.7. The first kappa shape index (κ1) is 12.5. The van der Waals surface area contributed by atoms with Crippen molar-refractivity contribution in [2.45, 2.75) is 6.54 Å². The Morgan fingerprint density at radius 3 is 2.76 bits per heavy atom. The van der Waals surface area contributed by atoms with Crippen molar-refractivity contribution < 1.29 is 18.5 Å². The van der Waals surface area contributed by atoms with Gasteiger partial charge in [0.1, 0.15) is 0 Å². The van der Waals surface area contributed by atoms with Gasteiger partial charge in [-0.25, -0.2) is 4.72 Å². The normalized spacial score (nSPS) is 19.4. The molecule has 1 aliphatic heterocycles. The van der Waals surface area contributed by atoms with Crippen LogP contribution >= 0.6 is 0 Å². The molecule has 0 aromatic heterocycles. The number of nitrogens with zero attached hydrogens (tertiary/aromatic N) is 1. The SMILES string of the molecule is O=S1(=O)NCCN1Cc1cccc(B(O)O)c1. The van der Waals surface area contributed by atoms with Gasteiger partial charge in [0.2, 0.25) is 0 Å². The second kappa shape index (κ2) is 4.75. The van der Waals surface area contributed by atoms with Crippen molar-refractivity contribution in [1.82, 2.24) is 9.03 Å². The van der Waals surface area contributed by atoms with Crippen LogP contribution in [0, 0.1) is 0 Å². The van der Waals surface area contributed by atoms with Crippen LogP contribution < -0.4 is 10.2 Å². The molecule has 17 heavy (non-hydrogen) atoms. The highest BCUT2D eigenvalue weighted by Crippen LogP contribution is 2.10. The smallest absolute Gasteiger partial charge is 0.423 e. The summed E-state index contributed by atoms with van der Waals surface area (Å²) in [5.74, 6) is 0. The highest BCUT2D eigenvalue weighted by molar-refractivity contribution is 7.87. The summed E-state index contributed by atoms with van der Waals surface area (Å²) in [6, 6.07) is 6.57. The standard InChI is InChI=1S/C9H13BN2O4S/c13-10(14)9-3-1-2-8(6-9)7-12-5-4-11-17(12,15)16/h1-3,6,11,13-14H,4-5,7H2. The lowest BCUT2D eigenvalue weighted by Gasteiger charge is -2.13. The Bertz CT molecular complexity index is 505. The highest BCUT2D eigenvalue weighted by Gasteiger charge is 2.27. The molecule has 0 atom stereocenters. The van der Waals surface area contributed by atoms with Crippen LogP contribution in [0.1, 0.15) is 5.56 Å². The van der Waals surface area contributed by atoms with E-state index in [0.29, 0.717) is 18.6 Å². The zero-order chi connectivity index (χ0) is 12.5. The predicted octanol–water partition coefficient (Wildman–Crippen LogP) is -1.98. The third-order valence-corrected chi connectivity index (χ3v) is 4.15. The van der Waals surface area contributed by atoms with Gasteiger partial charge >= 0.3 is 7.12 Å². The molecular formula is C9H13BN2O4S. The quantitative estimate of drug-likeness (QED) is 0.546. The van der Waals surface area contributed by atoms with Gasteiger partial charge in [-0.2, -0.15) is 12.7 Å². The molecule has 0 radical (unpaired) electrons. The van der Waals surface area contributed by atoms with E-state index in [1.54, 1.807) is 24.3 Å². The molecule has 1 aliphatic rings. The van der Waals surface area contributed by atoms with E-state index in [9.17, 15) is 8.42 Å². The zero-order valence-corrected chi connectivity index (χ0v) is 9.89. The summed E-state index contributed by atoms with van der Waals surface area (Å²) in [6.45, 7) is 1.06. The van der Waals surface area contributed by atoms with E-state index < -0.39 is 17.3 Å². The van der Waals surface area contributed by atoms with Crippen LogP contribution in [0.25, 0.3) is 0 Å². The van der Waals surface area contributed by atoms with Gasteiger partial charge in [-0.15, -0.1) is 0 Å². The first-order valence-electron chi connectivity index (χ1n) is 5.19. The second-order valence-corrected chi connectivity index (χ2v) is 5.61. The molecule has 92 valence electrons. The van der Waals surface area contributed by atoms with Crippen molar-refractivity contribution in [3.05, 3.63) is 29.8 Å². The third kappa shape index (κ3) is 2.85. The molecule has 0 bridgehead atoms. The number of benzene rings is 1. The van der Waals surface area contributed by atoms with Gasteiger partial charge in [-0.05, 0) is 11.0 Å². The molecule has 1 aromatic rings. The fraction of sp³-hybridized carbons (Fsp3) is 0.333. The average molecular weight is 256 g/mol. The van der Waals surface area contributed by atoms with Gasteiger partial charge in [-0.1, -0.05) is 24.3 Å². The van der Waals surface area contributed by atoms with E-state index in [1.165, 1.54) is 4.31 Å². The molecule has 2 rings (SSSR count). The van der Waals surface area contributed by atoms with Crippen molar-refractivity contribution in [2.75, 3.05) is 13.1 Å². The first-order valence-corrected chi connectivity index (χ1v) is 6.63. The maximum Gasteiger partial charge on any atom is 0.488 e. The van der Waals surface area contributed by atoms with E-state index in [0.717, 1.165) is 5.56 Å². The Balaban J connectivity index is 2.16. The maximum absolute atomic E-state index is 11.5. The van der Waals surface area contributed by atoms with Crippen LogP contribution in [-0.2, 0) is 16.8 Å². The lowest BCUT2D eigenvalue weighted by atomic mass is 9.80. The molecule has 0 unspecified atom stereocenters. The molecule has 0 spiro atoms. The van der Waals surface area contributed by atoms with Crippen LogP contribution in [0.2, 0.25) is 0 Å². The number of rotatable bonds is 3. The summed E-state index contributed by atoms with van der Waals surface area (Å²) in [5, 5.41) is 18.0. The monoisotopic (exact) mass is 256 g/mol. The number of hydrogen-bond acceptors (Lipinski definition) is 4. The highest BCUT2D eigenvalue weighted by atomic mass is 32.2. The Labute approximate surface area is 100 Å². The summed E-state index contributed by atoms with van der Waals surface area (Å²) >= 11 is 0. The van der Waals surface area contributed by atoms with Gasteiger partial charge < -0.3 is 10.0 Å². The Hall–Kier alpha value is -0.925. The van der Waals surface area contributed by atoms with E-state index >= 15 is 0 Å². The lowest BCUT2D eigenvalue weighted by molar-refractivity contribution is 0.425. The largest absolute Gasteiger partial charge is 0.488 e. The van der Waals surface area contributed by atoms with Crippen molar-refractivity contribution >= 4 is 22.8 Å². The topological polar surface area (TPSA) is 89.9 Å². The molecular weight excluding hydrogens is 243 g/mol. The average Bonchev–Trinajstić information content (AvgIpc) is 2.59. The predicted molar refractivity (Wildman–Crippen MR) is 63.6 cm³/mol. The minimum absolute atomic E-state index is 0.232. The van der Waals surface area contributed by atoms with Gasteiger partial charge in [0, 0.05) is 19.6 Å². The molecule has 0 saturated carbocycles. The van der Waals surface area contributed by atoms with E-state index in [4.69, 9.17) is 10.0 Å². The fourth-order valence-electron chi connectivity index (χ4n) is 1.73. The van der Waals surface area contributed by atoms with E-state index in [2.05, 4.69) is 4.72 Å². The molecule has 3 N–H and O–H groups in total. The van der Waals surface area contributed by atoms with Crippen LogP contribution in [-0.4, -0.2) is 43.0 Å². The van der Waals surface area contributed by atoms with Crippen molar-refractivity contribution in [2.24, 2.45) is 0 Å². The van der Waals surface area contributed by atoms with Crippen LogP contribution in [0.3, 0.4) is 0 Å². The summed E-state index contributed by atoms with van der Waals surface area (Å²) in [6.07, 6.45) is 0.